The standard InChI is InChI=1S/C14H18N2O2/c1-8(2)4-5-12-11-6-10(9(3)17)14(18)7-13(11)16-15-12/h6-8,18H,4-5H2,1-3H3,(H,15,16). The smallest absolute Gasteiger partial charge is 0.163 e. The molecule has 0 spiro atoms. The number of Topliss-reactive ketones (excluding diaryl/α,β-unsaturated/α-hetero) is 1. The van der Waals surface area contributed by atoms with Gasteiger partial charge in [-0.3, -0.25) is 9.89 Å². The summed E-state index contributed by atoms with van der Waals surface area (Å²) < 4.78 is 0. The monoisotopic (exact) mass is 246 g/mol. The van der Waals surface area contributed by atoms with Crippen LogP contribution in [-0.4, -0.2) is 21.1 Å². The minimum atomic E-state index is -0.134. The van der Waals surface area contributed by atoms with Crippen LogP contribution in [-0.2, 0) is 6.42 Å². The molecule has 0 aliphatic heterocycles. The topological polar surface area (TPSA) is 66.0 Å². The molecule has 4 nitrogen and oxygen atoms in total. The zero-order chi connectivity index (χ0) is 13.3. The Kier molecular flexibility index (Phi) is 3.36. The minimum Gasteiger partial charge on any atom is -0.507 e. The molecule has 0 radical (unpaired) electrons. The summed E-state index contributed by atoms with van der Waals surface area (Å²) in [7, 11) is 0. The molecule has 0 unspecified atom stereocenters. The molecule has 2 aromatic rings. The van der Waals surface area contributed by atoms with Crippen LogP contribution in [0.5, 0.6) is 5.75 Å². The SMILES string of the molecule is CC(=O)c1cc2c(CCC(C)C)[nH]nc2cc1O. The summed E-state index contributed by atoms with van der Waals surface area (Å²) in [5.74, 6) is 0.482. The number of carbonyl (C=O) groups is 1. The number of H-pyrrole nitrogens is 1. The zero-order valence-corrected chi connectivity index (χ0v) is 10.9. The summed E-state index contributed by atoms with van der Waals surface area (Å²) in [6.45, 7) is 5.80. The Morgan fingerprint density at radius 3 is 2.78 bits per heavy atom. The van der Waals surface area contributed by atoms with Crippen molar-refractivity contribution in [3.63, 3.8) is 0 Å². The number of rotatable bonds is 4. The summed E-state index contributed by atoms with van der Waals surface area (Å²) in [4.78, 5) is 11.4. The van der Waals surface area contributed by atoms with Crippen molar-refractivity contribution >= 4 is 16.7 Å². The highest BCUT2D eigenvalue weighted by Crippen LogP contribution is 2.27. The summed E-state index contributed by atoms with van der Waals surface area (Å²) in [6.07, 6.45) is 1.96. The van der Waals surface area contributed by atoms with Gasteiger partial charge in [-0.25, -0.2) is 0 Å². The van der Waals surface area contributed by atoms with E-state index in [1.807, 2.05) is 0 Å². The maximum absolute atomic E-state index is 11.4. The van der Waals surface area contributed by atoms with E-state index in [2.05, 4.69) is 24.0 Å². The predicted molar refractivity (Wildman–Crippen MR) is 70.9 cm³/mol. The fraction of sp³-hybridized carbons (Fsp3) is 0.429. The summed E-state index contributed by atoms with van der Waals surface area (Å²) >= 11 is 0. The number of carbonyl (C=O) groups excluding carboxylic acids is 1. The van der Waals surface area contributed by atoms with Crippen LogP contribution in [0, 0.1) is 5.92 Å². The average Bonchev–Trinajstić information content (AvgIpc) is 2.67. The van der Waals surface area contributed by atoms with Crippen LogP contribution in [0.25, 0.3) is 10.9 Å². The number of aromatic hydroxyl groups is 1. The molecule has 0 bridgehead atoms. The van der Waals surface area contributed by atoms with Crippen molar-refractivity contribution in [3.05, 3.63) is 23.4 Å². The average molecular weight is 246 g/mol. The van der Waals surface area contributed by atoms with Crippen LogP contribution in [0.2, 0.25) is 0 Å². The van der Waals surface area contributed by atoms with Crippen LogP contribution in [0.1, 0.15) is 43.2 Å². The third-order valence-electron chi connectivity index (χ3n) is 3.10. The largest absolute Gasteiger partial charge is 0.507 e. The van der Waals surface area contributed by atoms with E-state index in [0.717, 1.165) is 23.9 Å². The Balaban J connectivity index is 2.44. The lowest BCUT2D eigenvalue weighted by molar-refractivity contribution is 0.101. The van der Waals surface area contributed by atoms with Gasteiger partial charge in [0.05, 0.1) is 11.1 Å². The van der Waals surface area contributed by atoms with Crippen LogP contribution in [0.4, 0.5) is 0 Å². The molecule has 18 heavy (non-hydrogen) atoms. The maximum Gasteiger partial charge on any atom is 0.163 e. The van der Waals surface area contributed by atoms with Crippen LogP contribution >= 0.6 is 0 Å². The van der Waals surface area contributed by atoms with Crippen LogP contribution < -0.4 is 0 Å². The van der Waals surface area contributed by atoms with Gasteiger partial charge in [0.2, 0.25) is 0 Å². The van der Waals surface area contributed by atoms with Gasteiger partial charge in [0.15, 0.2) is 5.78 Å². The number of benzene rings is 1. The van der Waals surface area contributed by atoms with Gasteiger partial charge >= 0.3 is 0 Å². The maximum atomic E-state index is 11.4. The van der Waals surface area contributed by atoms with Gasteiger partial charge in [0, 0.05) is 17.1 Å². The lowest BCUT2D eigenvalue weighted by atomic mass is 10.0. The first-order chi connectivity index (χ1) is 8.49. The van der Waals surface area contributed by atoms with Crippen molar-refractivity contribution < 1.29 is 9.90 Å². The number of hydrogen-bond acceptors (Lipinski definition) is 3. The van der Waals surface area contributed by atoms with Crippen LogP contribution in [0.3, 0.4) is 0 Å². The second-order valence-corrected chi connectivity index (χ2v) is 5.08. The molecular weight excluding hydrogens is 228 g/mol. The van der Waals surface area contributed by atoms with Crippen molar-refractivity contribution in [1.29, 1.82) is 0 Å². The van der Waals surface area contributed by atoms with Gasteiger partial charge < -0.3 is 5.11 Å². The van der Waals surface area contributed by atoms with E-state index in [1.165, 1.54) is 6.92 Å². The Labute approximate surface area is 106 Å². The number of fused-ring (bicyclic) bond motifs is 1. The Morgan fingerprint density at radius 1 is 1.44 bits per heavy atom. The van der Waals surface area contributed by atoms with Gasteiger partial charge in [0.1, 0.15) is 5.75 Å². The molecule has 0 saturated heterocycles. The highest BCUT2D eigenvalue weighted by Gasteiger charge is 2.13. The molecule has 0 amide bonds. The van der Waals surface area contributed by atoms with E-state index >= 15 is 0 Å². The molecule has 0 aliphatic carbocycles. The van der Waals surface area contributed by atoms with Gasteiger partial charge in [-0.05, 0) is 31.7 Å². The zero-order valence-electron chi connectivity index (χ0n) is 10.9. The van der Waals surface area contributed by atoms with Crippen molar-refractivity contribution in [2.75, 3.05) is 0 Å². The van der Waals surface area contributed by atoms with E-state index in [1.54, 1.807) is 12.1 Å². The number of nitrogens with one attached hydrogen (secondary N) is 1. The molecule has 96 valence electrons. The molecular formula is C14H18N2O2. The molecule has 0 aliphatic rings. The molecule has 0 atom stereocenters. The molecule has 4 heteroatoms. The normalized spacial score (nSPS) is 11.3. The van der Waals surface area contributed by atoms with Crippen molar-refractivity contribution in [1.82, 2.24) is 10.2 Å². The number of aromatic amines is 1. The number of ketones is 1. The first-order valence-electron chi connectivity index (χ1n) is 6.20. The van der Waals surface area contributed by atoms with Gasteiger partial charge in [-0.2, -0.15) is 5.10 Å². The Morgan fingerprint density at radius 2 is 2.17 bits per heavy atom. The quantitative estimate of drug-likeness (QED) is 0.815. The fourth-order valence-corrected chi connectivity index (χ4v) is 2.00. The second-order valence-electron chi connectivity index (χ2n) is 5.08. The Hall–Kier alpha value is -1.84. The molecule has 0 saturated carbocycles. The van der Waals surface area contributed by atoms with Gasteiger partial charge in [0.25, 0.3) is 0 Å². The number of aromatic nitrogens is 2. The first-order valence-corrected chi connectivity index (χ1v) is 6.20. The number of nitrogens with zero attached hydrogens (tertiary/aromatic N) is 1. The van der Waals surface area contributed by atoms with E-state index in [9.17, 15) is 9.90 Å². The highest BCUT2D eigenvalue weighted by molar-refractivity contribution is 6.01. The second kappa shape index (κ2) is 4.80. The summed E-state index contributed by atoms with van der Waals surface area (Å²) in [5.41, 5.74) is 2.09. The molecule has 1 aromatic carbocycles. The lowest BCUT2D eigenvalue weighted by Gasteiger charge is -2.04. The van der Waals surface area contributed by atoms with Crippen molar-refractivity contribution in [3.8, 4) is 5.75 Å². The molecule has 1 heterocycles. The Bertz CT molecular complexity index is 585. The third kappa shape index (κ3) is 2.37. The molecule has 2 rings (SSSR count). The van der Waals surface area contributed by atoms with E-state index in [4.69, 9.17) is 0 Å². The summed E-state index contributed by atoms with van der Waals surface area (Å²) in [6, 6.07) is 3.27. The van der Waals surface area contributed by atoms with Crippen molar-refractivity contribution in [2.24, 2.45) is 5.92 Å². The molecule has 0 fully saturated rings. The minimum absolute atomic E-state index is 0.00286. The van der Waals surface area contributed by atoms with Gasteiger partial charge in [-0.1, -0.05) is 13.8 Å². The number of aryl methyl sites for hydroxylation is 1. The van der Waals surface area contributed by atoms with E-state index < -0.39 is 0 Å². The third-order valence-corrected chi connectivity index (χ3v) is 3.10. The van der Waals surface area contributed by atoms with Gasteiger partial charge in [-0.15, -0.1) is 0 Å². The van der Waals surface area contributed by atoms with E-state index in [0.29, 0.717) is 17.0 Å². The fourth-order valence-electron chi connectivity index (χ4n) is 2.00. The van der Waals surface area contributed by atoms with Crippen molar-refractivity contribution in [2.45, 2.75) is 33.6 Å². The number of phenols is 1. The van der Waals surface area contributed by atoms with Crippen LogP contribution in [0.15, 0.2) is 12.1 Å². The highest BCUT2D eigenvalue weighted by atomic mass is 16.3. The number of hydrogen-bond donors (Lipinski definition) is 2. The van der Waals surface area contributed by atoms with E-state index in [-0.39, 0.29) is 11.5 Å². The first kappa shape index (κ1) is 12.6. The predicted octanol–water partition coefficient (Wildman–Crippen LogP) is 3.06. The summed E-state index contributed by atoms with van der Waals surface area (Å²) in [5, 5.41) is 17.8. The molecule has 2 N–H and O–H groups in total. The number of phenolic OH excluding ortho intramolecular Hbond substituents is 1. The lowest BCUT2D eigenvalue weighted by Crippen LogP contribution is -1.95. The molecule has 1 aromatic heterocycles.